The Morgan fingerprint density at radius 3 is 2.80 bits per heavy atom. The molecule has 78 valence electrons. The van der Waals surface area contributed by atoms with Gasteiger partial charge in [0.25, 0.3) is 0 Å². The van der Waals surface area contributed by atoms with Crippen molar-refractivity contribution in [3.05, 3.63) is 40.4 Å². The number of benzene rings is 1. The highest BCUT2D eigenvalue weighted by molar-refractivity contribution is 5.89. The highest BCUT2D eigenvalue weighted by atomic mass is 16.4. The molecule has 1 aromatic carbocycles. The lowest BCUT2D eigenvalue weighted by molar-refractivity contribution is 0.197. The lowest BCUT2D eigenvalue weighted by atomic mass is 10.0. The monoisotopic (exact) mass is 206 g/mol. The van der Waals surface area contributed by atoms with Gasteiger partial charge in [-0.25, -0.2) is 4.79 Å². The molecule has 1 aromatic heterocycles. The van der Waals surface area contributed by atoms with Crippen molar-refractivity contribution in [3.8, 4) is 5.75 Å². The molecule has 15 heavy (non-hydrogen) atoms. The summed E-state index contributed by atoms with van der Waals surface area (Å²) in [5.74, 6) is -0.135. The van der Waals surface area contributed by atoms with Gasteiger partial charge in [-0.1, -0.05) is 12.1 Å². The first kappa shape index (κ1) is 9.73. The Hall–Kier alpha value is -1.81. The minimum Gasteiger partial charge on any atom is -0.507 e. The second kappa shape index (κ2) is 3.40. The van der Waals surface area contributed by atoms with Gasteiger partial charge in [0.15, 0.2) is 0 Å². The maximum Gasteiger partial charge on any atom is 0.347 e. The van der Waals surface area contributed by atoms with E-state index in [-0.39, 0.29) is 11.1 Å². The Bertz CT molecular complexity index is 554. The highest BCUT2D eigenvalue weighted by Gasteiger charge is 2.12. The maximum absolute atomic E-state index is 11.4. The molecule has 0 saturated heterocycles. The summed E-state index contributed by atoms with van der Waals surface area (Å²) in [4.78, 5) is 11.4. The topological polar surface area (TPSA) is 70.7 Å². The van der Waals surface area contributed by atoms with Crippen LogP contribution in [0.2, 0.25) is 0 Å². The summed E-state index contributed by atoms with van der Waals surface area (Å²) in [5.41, 5.74) is -0.118. The van der Waals surface area contributed by atoms with E-state index >= 15 is 0 Å². The van der Waals surface area contributed by atoms with Gasteiger partial charge >= 0.3 is 5.63 Å². The summed E-state index contributed by atoms with van der Waals surface area (Å²) >= 11 is 0. The zero-order valence-electron chi connectivity index (χ0n) is 8.10. The van der Waals surface area contributed by atoms with E-state index < -0.39 is 11.7 Å². The van der Waals surface area contributed by atoms with Crippen LogP contribution in [0.3, 0.4) is 0 Å². The standard InChI is InChI=1S/C11H10O4/c1-6(12)8-5-15-11(14)10-7(8)3-2-4-9(10)13/h2-6,12-13H,1H3/t6-/m0/s1. The molecule has 0 amide bonds. The van der Waals surface area contributed by atoms with Crippen molar-refractivity contribution in [2.75, 3.05) is 0 Å². The predicted octanol–water partition coefficient (Wildman–Crippen LogP) is 1.55. The highest BCUT2D eigenvalue weighted by Crippen LogP contribution is 2.26. The molecule has 0 spiro atoms. The number of rotatable bonds is 1. The fourth-order valence-electron chi connectivity index (χ4n) is 1.56. The van der Waals surface area contributed by atoms with Gasteiger partial charge < -0.3 is 14.6 Å². The van der Waals surface area contributed by atoms with Crippen molar-refractivity contribution in [1.29, 1.82) is 0 Å². The first-order valence-electron chi connectivity index (χ1n) is 4.52. The molecule has 1 heterocycles. The number of fused-ring (bicyclic) bond motifs is 1. The summed E-state index contributed by atoms with van der Waals surface area (Å²) in [6.07, 6.45) is 0.466. The number of phenolic OH excluding ortho intramolecular Hbond substituents is 1. The van der Waals surface area contributed by atoms with Crippen LogP contribution in [0.4, 0.5) is 0 Å². The van der Waals surface area contributed by atoms with E-state index in [4.69, 9.17) is 4.42 Å². The van der Waals surface area contributed by atoms with Crippen LogP contribution < -0.4 is 5.63 Å². The molecule has 0 saturated carbocycles. The second-order valence-corrected chi connectivity index (χ2v) is 3.35. The number of phenols is 1. The van der Waals surface area contributed by atoms with Crippen molar-refractivity contribution in [3.63, 3.8) is 0 Å². The van der Waals surface area contributed by atoms with E-state index in [9.17, 15) is 15.0 Å². The van der Waals surface area contributed by atoms with E-state index in [1.165, 1.54) is 12.3 Å². The number of hydrogen-bond donors (Lipinski definition) is 2. The van der Waals surface area contributed by atoms with Crippen LogP contribution in [0.15, 0.2) is 33.7 Å². The molecule has 2 N–H and O–H groups in total. The van der Waals surface area contributed by atoms with Crippen molar-refractivity contribution in [2.45, 2.75) is 13.0 Å². The van der Waals surface area contributed by atoms with Gasteiger partial charge in [0, 0.05) is 10.9 Å². The Morgan fingerprint density at radius 1 is 1.40 bits per heavy atom. The van der Waals surface area contributed by atoms with Crippen LogP contribution in [0.5, 0.6) is 5.75 Å². The number of aliphatic hydroxyl groups excluding tert-OH is 1. The van der Waals surface area contributed by atoms with Crippen molar-refractivity contribution < 1.29 is 14.6 Å². The van der Waals surface area contributed by atoms with Crippen LogP contribution in [-0.4, -0.2) is 10.2 Å². The Morgan fingerprint density at radius 2 is 2.13 bits per heavy atom. The van der Waals surface area contributed by atoms with E-state index in [1.807, 2.05) is 0 Å². The van der Waals surface area contributed by atoms with Gasteiger partial charge in [-0.05, 0) is 13.0 Å². The molecule has 0 aliphatic rings. The smallest absolute Gasteiger partial charge is 0.347 e. The molecule has 4 heteroatoms. The van der Waals surface area contributed by atoms with Crippen molar-refractivity contribution in [2.24, 2.45) is 0 Å². The Balaban J connectivity index is 2.95. The van der Waals surface area contributed by atoms with Gasteiger partial charge in [0.05, 0.1) is 6.10 Å². The minimum absolute atomic E-state index is 0.107. The van der Waals surface area contributed by atoms with Gasteiger partial charge in [-0.3, -0.25) is 0 Å². The van der Waals surface area contributed by atoms with E-state index in [0.717, 1.165) is 0 Å². The first-order valence-corrected chi connectivity index (χ1v) is 4.52. The maximum atomic E-state index is 11.4. The SMILES string of the molecule is C[C@H](O)c1coc(=O)c2c(O)cccc12. The lowest BCUT2D eigenvalue weighted by Crippen LogP contribution is -2.03. The summed E-state index contributed by atoms with van der Waals surface area (Å²) in [6.45, 7) is 1.57. The third-order valence-electron chi connectivity index (χ3n) is 2.30. The van der Waals surface area contributed by atoms with E-state index in [0.29, 0.717) is 10.9 Å². The number of aliphatic hydroxyl groups is 1. The molecule has 4 nitrogen and oxygen atoms in total. The molecule has 1 atom stereocenters. The molecular weight excluding hydrogens is 196 g/mol. The summed E-state index contributed by atoms with van der Waals surface area (Å²) < 4.78 is 4.74. The van der Waals surface area contributed by atoms with E-state index in [1.54, 1.807) is 19.1 Å². The average Bonchev–Trinajstić information content (AvgIpc) is 2.17. The molecule has 0 unspecified atom stereocenters. The van der Waals surface area contributed by atoms with Crippen LogP contribution >= 0.6 is 0 Å². The number of hydrogen-bond acceptors (Lipinski definition) is 4. The zero-order chi connectivity index (χ0) is 11.0. The van der Waals surface area contributed by atoms with Gasteiger partial charge in [-0.2, -0.15) is 0 Å². The van der Waals surface area contributed by atoms with Gasteiger partial charge in [0.1, 0.15) is 17.4 Å². The molecule has 0 aliphatic heterocycles. The van der Waals surface area contributed by atoms with Crippen LogP contribution in [0, 0.1) is 0 Å². The van der Waals surface area contributed by atoms with Crippen molar-refractivity contribution in [1.82, 2.24) is 0 Å². The van der Waals surface area contributed by atoms with Crippen LogP contribution in [0.25, 0.3) is 10.8 Å². The van der Waals surface area contributed by atoms with Crippen molar-refractivity contribution >= 4 is 10.8 Å². The molecule has 0 bridgehead atoms. The second-order valence-electron chi connectivity index (χ2n) is 3.35. The summed E-state index contributed by atoms with van der Waals surface area (Å²) in [6, 6.07) is 4.68. The fourth-order valence-corrected chi connectivity index (χ4v) is 1.56. The third-order valence-corrected chi connectivity index (χ3v) is 2.30. The molecule has 0 aliphatic carbocycles. The average molecular weight is 206 g/mol. The molecular formula is C11H10O4. The summed E-state index contributed by atoms with van der Waals surface area (Å²) in [7, 11) is 0. The molecule has 2 aromatic rings. The normalized spacial score (nSPS) is 12.9. The molecule has 0 radical (unpaired) electrons. The number of aromatic hydroxyl groups is 1. The fraction of sp³-hybridized carbons (Fsp3) is 0.182. The first-order chi connectivity index (χ1) is 7.11. The molecule has 0 fully saturated rings. The van der Waals surface area contributed by atoms with Crippen LogP contribution in [0.1, 0.15) is 18.6 Å². The lowest BCUT2D eigenvalue weighted by Gasteiger charge is -2.07. The quantitative estimate of drug-likeness (QED) is 0.742. The molecule has 2 rings (SSSR count). The Labute approximate surface area is 85.4 Å². The van der Waals surface area contributed by atoms with E-state index in [2.05, 4.69) is 0 Å². The van der Waals surface area contributed by atoms with Gasteiger partial charge in [-0.15, -0.1) is 0 Å². The van der Waals surface area contributed by atoms with Crippen LogP contribution in [-0.2, 0) is 0 Å². The predicted molar refractivity (Wildman–Crippen MR) is 54.8 cm³/mol. The summed E-state index contributed by atoms with van der Waals surface area (Å²) in [5, 5.41) is 19.6. The zero-order valence-corrected chi connectivity index (χ0v) is 8.10. The van der Waals surface area contributed by atoms with Gasteiger partial charge in [0.2, 0.25) is 0 Å². The Kier molecular flexibility index (Phi) is 2.21. The third kappa shape index (κ3) is 1.49. The largest absolute Gasteiger partial charge is 0.507 e. The minimum atomic E-state index is -0.751.